The van der Waals surface area contributed by atoms with Crippen molar-refractivity contribution in [3.05, 3.63) is 168 Å². The summed E-state index contributed by atoms with van der Waals surface area (Å²) in [6, 6.07) is 52.9. The van der Waals surface area contributed by atoms with Crippen LogP contribution in [0.2, 0.25) is 0 Å². The standard InChI is InChI=1S/C39H32OP2/c1-28-26-38(42(32-20-11-5-12-21-32)33-22-13-6-14-23-33)39-34(29(28)2)27-35-36(40-39)24-15-25-37(35)41(30-16-7-3-8-17-30)31-18-9-4-10-19-31/h3-26H,27H2,1-2H3. The predicted octanol–water partition coefficient (Wildman–Crippen LogP) is 7.52. The van der Waals surface area contributed by atoms with Crippen LogP contribution in [-0.4, -0.2) is 0 Å². The summed E-state index contributed by atoms with van der Waals surface area (Å²) in [5.41, 5.74) is 5.28. The van der Waals surface area contributed by atoms with Gasteiger partial charge in [0.25, 0.3) is 0 Å². The molecular weight excluding hydrogens is 546 g/mol. The molecule has 0 aromatic heterocycles. The highest BCUT2D eigenvalue weighted by Crippen LogP contribution is 2.46. The Morgan fingerprint density at radius 2 is 0.929 bits per heavy atom. The number of ether oxygens (including phenoxy) is 1. The molecule has 1 aliphatic rings. The molecule has 0 aliphatic carbocycles. The first kappa shape index (κ1) is 26.9. The SMILES string of the molecule is Cc1cc(P(c2ccccc2)c2ccccc2)c2c(c1C)Cc1c(cccc1P(c1ccccc1)c1ccccc1)O2. The van der Waals surface area contributed by atoms with Crippen molar-refractivity contribution in [2.24, 2.45) is 0 Å². The molecule has 0 saturated heterocycles. The van der Waals surface area contributed by atoms with Gasteiger partial charge in [-0.3, -0.25) is 0 Å². The van der Waals surface area contributed by atoms with Crippen molar-refractivity contribution in [1.82, 2.24) is 0 Å². The monoisotopic (exact) mass is 578 g/mol. The molecule has 1 nitrogen and oxygen atoms in total. The zero-order chi connectivity index (χ0) is 28.5. The van der Waals surface area contributed by atoms with Gasteiger partial charge in [0, 0.05) is 22.9 Å². The van der Waals surface area contributed by atoms with E-state index in [-0.39, 0.29) is 0 Å². The normalized spacial score (nSPS) is 12.1. The molecule has 0 atom stereocenters. The van der Waals surface area contributed by atoms with Crippen molar-refractivity contribution < 1.29 is 4.74 Å². The van der Waals surface area contributed by atoms with Crippen molar-refractivity contribution in [2.45, 2.75) is 20.3 Å². The Morgan fingerprint density at radius 3 is 1.40 bits per heavy atom. The molecule has 0 radical (unpaired) electrons. The van der Waals surface area contributed by atoms with Crippen LogP contribution in [0.4, 0.5) is 0 Å². The number of aryl methyl sites for hydroxylation is 1. The maximum absolute atomic E-state index is 7.06. The minimum absolute atomic E-state index is 0.736. The highest BCUT2D eigenvalue weighted by Gasteiger charge is 2.31. The first-order valence-corrected chi connectivity index (χ1v) is 17.1. The second-order valence-corrected chi connectivity index (χ2v) is 15.1. The second-order valence-electron chi connectivity index (χ2n) is 10.7. The molecule has 3 heteroatoms. The summed E-state index contributed by atoms with van der Waals surface area (Å²) >= 11 is 0. The molecule has 0 amide bonds. The predicted molar refractivity (Wildman–Crippen MR) is 183 cm³/mol. The largest absolute Gasteiger partial charge is 0.456 e. The van der Waals surface area contributed by atoms with E-state index in [9.17, 15) is 0 Å². The molecule has 7 rings (SSSR count). The van der Waals surface area contributed by atoms with Gasteiger partial charge >= 0.3 is 0 Å². The van der Waals surface area contributed by atoms with E-state index in [1.807, 2.05) is 0 Å². The Hall–Kier alpha value is -4.02. The molecule has 0 N–H and O–H groups in total. The highest BCUT2D eigenvalue weighted by molar-refractivity contribution is 7.80. The van der Waals surface area contributed by atoms with Crippen molar-refractivity contribution in [3.8, 4) is 11.5 Å². The van der Waals surface area contributed by atoms with Crippen LogP contribution < -0.4 is 36.6 Å². The van der Waals surface area contributed by atoms with Gasteiger partial charge in [0.1, 0.15) is 11.5 Å². The van der Waals surface area contributed by atoms with E-state index in [4.69, 9.17) is 4.74 Å². The van der Waals surface area contributed by atoms with Gasteiger partial charge < -0.3 is 4.74 Å². The van der Waals surface area contributed by atoms with Gasteiger partial charge in [0.2, 0.25) is 0 Å². The van der Waals surface area contributed by atoms with Crippen LogP contribution in [-0.2, 0) is 6.42 Å². The van der Waals surface area contributed by atoms with E-state index in [1.54, 1.807) is 0 Å². The molecule has 0 unspecified atom stereocenters. The summed E-state index contributed by atoms with van der Waals surface area (Å²) in [5.74, 6) is 2.03. The van der Waals surface area contributed by atoms with E-state index in [0.29, 0.717) is 0 Å². The lowest BCUT2D eigenvalue weighted by Gasteiger charge is -2.31. The lowest BCUT2D eigenvalue weighted by molar-refractivity contribution is 0.464. The summed E-state index contributed by atoms with van der Waals surface area (Å²) in [5, 5.41) is 8.06. The van der Waals surface area contributed by atoms with Crippen molar-refractivity contribution in [2.75, 3.05) is 0 Å². The average Bonchev–Trinajstić information content (AvgIpc) is 3.05. The fraction of sp³-hybridized carbons (Fsp3) is 0.0769. The van der Waals surface area contributed by atoms with Gasteiger partial charge in [0.05, 0.1) is 0 Å². The third kappa shape index (κ3) is 4.98. The third-order valence-electron chi connectivity index (χ3n) is 8.12. The van der Waals surface area contributed by atoms with Crippen molar-refractivity contribution >= 4 is 47.7 Å². The van der Waals surface area contributed by atoms with Crippen LogP contribution in [0.15, 0.2) is 146 Å². The number of benzene rings is 6. The van der Waals surface area contributed by atoms with E-state index in [2.05, 4.69) is 159 Å². The summed E-state index contributed by atoms with van der Waals surface area (Å²) in [4.78, 5) is 0. The molecule has 204 valence electrons. The van der Waals surface area contributed by atoms with Gasteiger partial charge in [-0.1, -0.05) is 133 Å². The minimum atomic E-state index is -0.792. The van der Waals surface area contributed by atoms with Crippen LogP contribution in [0.1, 0.15) is 22.3 Å². The summed E-state index contributed by atoms with van der Waals surface area (Å²) in [6.07, 6.45) is 0.868. The lowest BCUT2D eigenvalue weighted by atomic mass is 9.94. The number of fused-ring (bicyclic) bond motifs is 2. The Bertz CT molecular complexity index is 1760. The van der Waals surface area contributed by atoms with Crippen LogP contribution in [0.25, 0.3) is 0 Å². The van der Waals surface area contributed by atoms with Crippen LogP contribution in [0.3, 0.4) is 0 Å². The van der Waals surface area contributed by atoms with Gasteiger partial charge in [-0.2, -0.15) is 0 Å². The lowest BCUT2D eigenvalue weighted by Crippen LogP contribution is -2.28. The molecule has 0 bridgehead atoms. The van der Waals surface area contributed by atoms with E-state index in [0.717, 1.165) is 17.9 Å². The zero-order valence-electron chi connectivity index (χ0n) is 23.9. The highest BCUT2D eigenvalue weighted by atomic mass is 31.1. The number of hydrogen-bond acceptors (Lipinski definition) is 1. The van der Waals surface area contributed by atoms with Gasteiger partial charge in [-0.15, -0.1) is 0 Å². The van der Waals surface area contributed by atoms with Crippen molar-refractivity contribution in [1.29, 1.82) is 0 Å². The molecule has 42 heavy (non-hydrogen) atoms. The molecule has 1 heterocycles. The summed E-state index contributed by atoms with van der Waals surface area (Å²) in [6.45, 7) is 4.52. The maximum atomic E-state index is 7.06. The molecule has 6 aromatic rings. The summed E-state index contributed by atoms with van der Waals surface area (Å²) in [7, 11) is -1.53. The Kier molecular flexibility index (Phi) is 7.48. The van der Waals surface area contributed by atoms with Crippen molar-refractivity contribution in [3.63, 3.8) is 0 Å². The molecule has 6 aromatic carbocycles. The third-order valence-corrected chi connectivity index (χ3v) is 13.1. The number of rotatable bonds is 6. The van der Waals surface area contributed by atoms with Gasteiger partial charge in [-0.05, 0) is 79.5 Å². The first-order valence-electron chi connectivity index (χ1n) is 14.4. The molecule has 0 fully saturated rings. The van der Waals surface area contributed by atoms with Crippen LogP contribution in [0.5, 0.6) is 11.5 Å². The van der Waals surface area contributed by atoms with Gasteiger partial charge in [-0.25, -0.2) is 0 Å². The quantitative estimate of drug-likeness (QED) is 0.186. The Morgan fingerprint density at radius 1 is 0.476 bits per heavy atom. The number of hydrogen-bond donors (Lipinski definition) is 0. The minimum Gasteiger partial charge on any atom is -0.456 e. The zero-order valence-corrected chi connectivity index (χ0v) is 25.7. The topological polar surface area (TPSA) is 9.23 Å². The van der Waals surface area contributed by atoms with E-state index < -0.39 is 15.8 Å². The van der Waals surface area contributed by atoms with E-state index in [1.165, 1.54) is 54.1 Å². The molecule has 0 saturated carbocycles. The average molecular weight is 579 g/mol. The summed E-state index contributed by atoms with van der Waals surface area (Å²) < 4.78 is 7.06. The molecule has 1 aliphatic heterocycles. The van der Waals surface area contributed by atoms with Gasteiger partial charge in [0.15, 0.2) is 0 Å². The second kappa shape index (κ2) is 11.7. The molecule has 0 spiro atoms. The van der Waals surface area contributed by atoms with Crippen LogP contribution >= 0.6 is 15.8 Å². The van der Waals surface area contributed by atoms with Crippen LogP contribution in [0, 0.1) is 13.8 Å². The fourth-order valence-corrected chi connectivity index (χ4v) is 10.9. The van der Waals surface area contributed by atoms with E-state index >= 15 is 0 Å². The molecular formula is C39H32OP2. The maximum Gasteiger partial charge on any atom is 0.139 e. The smallest absolute Gasteiger partial charge is 0.139 e. The first-order chi connectivity index (χ1) is 20.7. The Balaban J connectivity index is 1.41. The Labute approximate surface area is 251 Å². The fourth-order valence-electron chi connectivity index (χ4n) is 5.92.